The van der Waals surface area contributed by atoms with Crippen molar-refractivity contribution in [2.24, 2.45) is 0 Å². The van der Waals surface area contributed by atoms with Crippen molar-refractivity contribution in [1.82, 2.24) is 0 Å². The van der Waals surface area contributed by atoms with Crippen LogP contribution in [0.1, 0.15) is 41.6 Å². The van der Waals surface area contributed by atoms with Gasteiger partial charge in [-0.3, -0.25) is 4.79 Å². The maximum atomic E-state index is 12.5. The van der Waals surface area contributed by atoms with Crippen LogP contribution < -0.4 is 0 Å². The van der Waals surface area contributed by atoms with Gasteiger partial charge in [0.1, 0.15) is 0 Å². The van der Waals surface area contributed by atoms with Crippen LogP contribution in [0.3, 0.4) is 0 Å². The van der Waals surface area contributed by atoms with E-state index >= 15 is 0 Å². The third kappa shape index (κ3) is 2.04. The molecule has 2 rings (SSSR count). The molecule has 0 aromatic heterocycles. The van der Waals surface area contributed by atoms with Crippen molar-refractivity contribution >= 4 is 26.6 Å². The van der Waals surface area contributed by atoms with Gasteiger partial charge in [-0.05, 0) is 31.4 Å². The first-order valence-electron chi connectivity index (χ1n) is 5.63. The Kier molecular flexibility index (Phi) is 3.37. The molecule has 1 aromatic rings. The number of hydrogen-bond acceptors (Lipinski definition) is 1. The number of rotatable bonds is 2. The first-order chi connectivity index (χ1) is 7.54. The Morgan fingerprint density at radius 2 is 2.00 bits per heavy atom. The summed E-state index contributed by atoms with van der Waals surface area (Å²) >= 11 is 6.13. The Morgan fingerprint density at radius 3 is 2.56 bits per heavy atom. The van der Waals surface area contributed by atoms with E-state index in [1.165, 1.54) is 0 Å². The SMILES string of the molecule is Cc1cccc(Cl)c1C(=O)C1(P)CCCC1. The summed E-state index contributed by atoms with van der Waals surface area (Å²) in [5.41, 5.74) is 1.69. The van der Waals surface area contributed by atoms with E-state index in [9.17, 15) is 4.79 Å². The van der Waals surface area contributed by atoms with Gasteiger partial charge in [0.15, 0.2) is 5.78 Å². The lowest BCUT2D eigenvalue weighted by Crippen LogP contribution is -2.29. The molecule has 0 bridgehead atoms. The second-order valence-electron chi connectivity index (χ2n) is 4.62. The monoisotopic (exact) mass is 254 g/mol. The molecule has 0 heterocycles. The lowest BCUT2D eigenvalue weighted by molar-refractivity contribution is 0.0944. The zero-order valence-electron chi connectivity index (χ0n) is 9.42. The number of carbonyl (C=O) groups is 1. The van der Waals surface area contributed by atoms with Gasteiger partial charge in [0.05, 0.1) is 5.02 Å². The Labute approximate surface area is 104 Å². The van der Waals surface area contributed by atoms with Crippen molar-refractivity contribution in [2.75, 3.05) is 0 Å². The van der Waals surface area contributed by atoms with Crippen molar-refractivity contribution in [1.29, 1.82) is 0 Å². The predicted molar refractivity (Wildman–Crippen MR) is 71.4 cm³/mol. The quantitative estimate of drug-likeness (QED) is 0.575. The van der Waals surface area contributed by atoms with Gasteiger partial charge in [-0.1, -0.05) is 36.6 Å². The normalized spacial score (nSPS) is 18.7. The molecule has 0 spiro atoms. The number of halogens is 1. The van der Waals surface area contributed by atoms with Gasteiger partial charge in [0.2, 0.25) is 0 Å². The van der Waals surface area contributed by atoms with Crippen molar-refractivity contribution in [3.05, 3.63) is 34.3 Å². The van der Waals surface area contributed by atoms with Crippen LogP contribution in [0.2, 0.25) is 5.02 Å². The summed E-state index contributed by atoms with van der Waals surface area (Å²) in [6.45, 7) is 1.95. The van der Waals surface area contributed by atoms with Crippen molar-refractivity contribution in [2.45, 2.75) is 37.8 Å². The molecule has 1 nitrogen and oxygen atoms in total. The molecule has 3 heteroatoms. The summed E-state index contributed by atoms with van der Waals surface area (Å²) in [4.78, 5) is 12.5. The van der Waals surface area contributed by atoms with Crippen LogP contribution in [0.25, 0.3) is 0 Å². The molecule has 1 atom stereocenters. The Morgan fingerprint density at radius 1 is 1.38 bits per heavy atom. The predicted octanol–water partition coefficient (Wildman–Crippen LogP) is 4.02. The topological polar surface area (TPSA) is 17.1 Å². The van der Waals surface area contributed by atoms with Crippen LogP contribution in [-0.4, -0.2) is 10.9 Å². The van der Waals surface area contributed by atoms with Gasteiger partial charge in [0.25, 0.3) is 0 Å². The summed E-state index contributed by atoms with van der Waals surface area (Å²) < 4.78 is 0. The minimum atomic E-state index is -0.268. The summed E-state index contributed by atoms with van der Waals surface area (Å²) in [6, 6.07) is 5.63. The van der Waals surface area contributed by atoms with Crippen LogP contribution in [0.4, 0.5) is 0 Å². The minimum absolute atomic E-state index is 0.193. The molecule has 86 valence electrons. The second kappa shape index (κ2) is 4.47. The number of Topliss-reactive ketones (excluding diaryl/α,β-unsaturated/α-hetero) is 1. The largest absolute Gasteiger partial charge is 0.293 e. The van der Waals surface area contributed by atoms with Gasteiger partial charge < -0.3 is 0 Å². The minimum Gasteiger partial charge on any atom is -0.293 e. The molecule has 1 unspecified atom stereocenters. The molecule has 0 saturated heterocycles. The Bertz CT molecular complexity index is 402. The molecule has 16 heavy (non-hydrogen) atoms. The Hall–Kier alpha value is -0.390. The maximum Gasteiger partial charge on any atom is 0.174 e. The summed E-state index contributed by atoms with van der Waals surface area (Å²) in [5.74, 6) is 0.193. The third-order valence-electron chi connectivity index (χ3n) is 3.40. The molecule has 1 saturated carbocycles. The van der Waals surface area contributed by atoms with Crippen molar-refractivity contribution < 1.29 is 4.79 Å². The number of ketones is 1. The van der Waals surface area contributed by atoms with Crippen LogP contribution in [-0.2, 0) is 0 Å². The van der Waals surface area contributed by atoms with E-state index in [2.05, 4.69) is 9.24 Å². The number of hydrogen-bond donors (Lipinski definition) is 0. The highest BCUT2D eigenvalue weighted by Crippen LogP contribution is 2.41. The Balaban J connectivity index is 2.41. The average Bonchev–Trinajstić information content (AvgIpc) is 2.66. The molecular formula is C13H16ClOP. The molecule has 0 radical (unpaired) electrons. The van der Waals surface area contributed by atoms with Crippen molar-refractivity contribution in [3.63, 3.8) is 0 Å². The van der Waals surface area contributed by atoms with E-state index in [-0.39, 0.29) is 10.9 Å². The van der Waals surface area contributed by atoms with E-state index in [0.717, 1.165) is 31.2 Å². The first-order valence-corrected chi connectivity index (χ1v) is 6.59. The van der Waals surface area contributed by atoms with E-state index < -0.39 is 0 Å². The molecule has 1 aliphatic rings. The lowest BCUT2D eigenvalue weighted by atomic mass is 9.92. The van der Waals surface area contributed by atoms with Gasteiger partial charge in [0, 0.05) is 10.7 Å². The second-order valence-corrected chi connectivity index (χ2v) is 6.14. The van der Waals surface area contributed by atoms with Gasteiger partial charge >= 0.3 is 0 Å². The smallest absolute Gasteiger partial charge is 0.174 e. The standard InChI is InChI=1S/C13H16ClOP/c1-9-5-4-6-10(14)11(9)12(15)13(16)7-2-3-8-13/h4-6H,2-3,7-8,16H2,1H3. The van der Waals surface area contributed by atoms with E-state index in [1.54, 1.807) is 6.07 Å². The van der Waals surface area contributed by atoms with Gasteiger partial charge in [-0.25, -0.2) is 0 Å². The fourth-order valence-electron chi connectivity index (χ4n) is 2.40. The molecule has 1 aliphatic carbocycles. The van der Waals surface area contributed by atoms with Gasteiger partial charge in [-0.2, -0.15) is 0 Å². The molecular weight excluding hydrogens is 239 g/mol. The maximum absolute atomic E-state index is 12.5. The number of aryl methyl sites for hydroxylation is 1. The molecule has 0 amide bonds. The number of carbonyl (C=O) groups excluding carboxylic acids is 1. The summed E-state index contributed by atoms with van der Waals surface area (Å²) in [6.07, 6.45) is 4.19. The van der Waals surface area contributed by atoms with Crippen LogP contribution >= 0.6 is 20.8 Å². The average molecular weight is 255 g/mol. The highest BCUT2D eigenvalue weighted by molar-refractivity contribution is 7.21. The molecule has 1 aromatic carbocycles. The van der Waals surface area contributed by atoms with Gasteiger partial charge in [-0.15, -0.1) is 9.24 Å². The van der Waals surface area contributed by atoms with Crippen LogP contribution in [0.15, 0.2) is 18.2 Å². The third-order valence-corrected chi connectivity index (χ3v) is 4.55. The van der Waals surface area contributed by atoms with E-state index in [1.807, 2.05) is 19.1 Å². The fourth-order valence-corrected chi connectivity index (χ4v) is 3.26. The molecule has 1 fully saturated rings. The highest BCUT2D eigenvalue weighted by Gasteiger charge is 2.38. The van der Waals surface area contributed by atoms with Crippen LogP contribution in [0.5, 0.6) is 0 Å². The first kappa shape index (κ1) is 12.1. The van der Waals surface area contributed by atoms with Crippen molar-refractivity contribution in [3.8, 4) is 0 Å². The number of benzene rings is 1. The summed E-state index contributed by atoms with van der Waals surface area (Å²) in [5, 5.41) is 0.314. The zero-order chi connectivity index (χ0) is 11.8. The fraction of sp³-hybridized carbons (Fsp3) is 0.462. The highest BCUT2D eigenvalue weighted by atomic mass is 35.5. The lowest BCUT2D eigenvalue weighted by Gasteiger charge is -2.23. The molecule has 0 N–H and O–H groups in total. The van der Waals surface area contributed by atoms with E-state index in [0.29, 0.717) is 10.6 Å². The molecule has 0 aliphatic heterocycles. The van der Waals surface area contributed by atoms with E-state index in [4.69, 9.17) is 11.6 Å². The zero-order valence-corrected chi connectivity index (χ0v) is 11.3. The summed E-state index contributed by atoms with van der Waals surface area (Å²) in [7, 11) is 2.76. The van der Waals surface area contributed by atoms with Crippen LogP contribution in [0, 0.1) is 6.92 Å².